The quantitative estimate of drug-likeness (QED) is 0.779. The number of ether oxygens (including phenoxy) is 3. The van der Waals surface area contributed by atoms with Gasteiger partial charge < -0.3 is 14.2 Å². The maximum atomic E-state index is 11.2. The predicted octanol–water partition coefficient (Wildman–Crippen LogP) is 1.60. The Hall–Kier alpha value is -1.71. The van der Waals surface area contributed by atoms with E-state index >= 15 is 0 Å². The average Bonchev–Trinajstić information content (AvgIpc) is 2.28. The Morgan fingerprint density at radius 1 is 1.38 bits per heavy atom. The highest BCUT2D eigenvalue weighted by Crippen LogP contribution is 2.38. The summed E-state index contributed by atoms with van der Waals surface area (Å²) < 4.78 is 16.1. The molecule has 86 valence electrons. The highest BCUT2D eigenvalue weighted by molar-refractivity contribution is 5.79. The first-order chi connectivity index (χ1) is 7.70. The van der Waals surface area contributed by atoms with E-state index in [4.69, 9.17) is 14.2 Å². The summed E-state index contributed by atoms with van der Waals surface area (Å²) in [6.07, 6.45) is 0.336. The summed E-state index contributed by atoms with van der Waals surface area (Å²) in [7, 11) is 1.59. The average molecular weight is 222 g/mol. The molecule has 1 aliphatic rings. The molecule has 2 rings (SSSR count). The van der Waals surface area contributed by atoms with E-state index in [0.29, 0.717) is 36.9 Å². The molecule has 0 bridgehead atoms. The highest BCUT2D eigenvalue weighted by Gasteiger charge is 2.18. The molecular formula is C12H14O4. The molecule has 0 aliphatic carbocycles. The third kappa shape index (κ3) is 2.10. The van der Waals surface area contributed by atoms with Crippen molar-refractivity contribution >= 4 is 5.78 Å². The summed E-state index contributed by atoms with van der Waals surface area (Å²) in [5.41, 5.74) is 0.821. The van der Waals surface area contributed by atoms with Gasteiger partial charge in [0.1, 0.15) is 24.7 Å². The first kappa shape index (κ1) is 10.8. The number of hydrogen-bond acceptors (Lipinski definition) is 4. The molecule has 0 aromatic heterocycles. The minimum absolute atomic E-state index is 0.0876. The molecule has 4 heteroatoms. The van der Waals surface area contributed by atoms with Crippen LogP contribution < -0.4 is 14.2 Å². The van der Waals surface area contributed by atoms with Crippen LogP contribution in [0.3, 0.4) is 0 Å². The van der Waals surface area contributed by atoms with Crippen molar-refractivity contribution in [2.45, 2.75) is 13.3 Å². The van der Waals surface area contributed by atoms with Gasteiger partial charge in [-0.1, -0.05) is 0 Å². The Morgan fingerprint density at radius 3 is 2.81 bits per heavy atom. The van der Waals surface area contributed by atoms with Crippen molar-refractivity contribution in [3.8, 4) is 17.2 Å². The fourth-order valence-electron chi connectivity index (χ4n) is 1.72. The number of rotatable bonds is 3. The molecule has 0 unspecified atom stereocenters. The smallest absolute Gasteiger partial charge is 0.165 e. The maximum absolute atomic E-state index is 11.2. The Balaban J connectivity index is 2.43. The number of hydrogen-bond donors (Lipinski definition) is 0. The zero-order valence-electron chi connectivity index (χ0n) is 9.41. The van der Waals surface area contributed by atoms with E-state index in [1.165, 1.54) is 0 Å². The minimum Gasteiger partial charge on any atom is -0.497 e. The third-order valence-electron chi connectivity index (χ3n) is 2.37. The van der Waals surface area contributed by atoms with Gasteiger partial charge in [0.05, 0.1) is 7.11 Å². The molecule has 1 aliphatic heterocycles. The van der Waals surface area contributed by atoms with Crippen LogP contribution >= 0.6 is 0 Å². The van der Waals surface area contributed by atoms with Gasteiger partial charge in [0, 0.05) is 18.1 Å². The number of carbonyl (C=O) groups is 1. The van der Waals surface area contributed by atoms with E-state index in [9.17, 15) is 4.79 Å². The van der Waals surface area contributed by atoms with Crippen molar-refractivity contribution in [1.82, 2.24) is 0 Å². The van der Waals surface area contributed by atoms with Gasteiger partial charge >= 0.3 is 0 Å². The second-order valence-corrected chi connectivity index (χ2v) is 3.69. The van der Waals surface area contributed by atoms with Gasteiger partial charge in [-0.15, -0.1) is 0 Å². The molecule has 0 saturated heterocycles. The zero-order chi connectivity index (χ0) is 11.5. The molecule has 16 heavy (non-hydrogen) atoms. The first-order valence-electron chi connectivity index (χ1n) is 5.16. The van der Waals surface area contributed by atoms with Crippen LogP contribution in [0.2, 0.25) is 0 Å². The Kier molecular flexibility index (Phi) is 2.99. The summed E-state index contributed by atoms with van der Waals surface area (Å²) in [6, 6.07) is 3.59. The van der Waals surface area contributed by atoms with Crippen LogP contribution in [0.4, 0.5) is 0 Å². The third-order valence-corrected chi connectivity index (χ3v) is 2.37. The molecule has 0 atom stereocenters. The summed E-state index contributed by atoms with van der Waals surface area (Å²) in [5, 5.41) is 0. The number of carbonyl (C=O) groups excluding carboxylic acids is 1. The lowest BCUT2D eigenvalue weighted by atomic mass is 10.1. The topological polar surface area (TPSA) is 44.8 Å². The maximum Gasteiger partial charge on any atom is 0.165 e. The SMILES string of the molecule is COc1cc(CC(C)=O)c2c(c1)OCCO2. The van der Waals surface area contributed by atoms with E-state index in [-0.39, 0.29) is 5.78 Å². The largest absolute Gasteiger partial charge is 0.497 e. The second kappa shape index (κ2) is 4.43. The molecule has 1 aromatic carbocycles. The van der Waals surface area contributed by atoms with E-state index in [2.05, 4.69) is 0 Å². The number of benzene rings is 1. The number of Topliss-reactive ketones (excluding diaryl/α,β-unsaturated/α-hetero) is 1. The van der Waals surface area contributed by atoms with Gasteiger partial charge in [-0.25, -0.2) is 0 Å². The molecule has 0 fully saturated rings. The van der Waals surface area contributed by atoms with Crippen LogP contribution in [-0.2, 0) is 11.2 Å². The summed E-state index contributed by atoms with van der Waals surface area (Å²) in [5.74, 6) is 2.09. The van der Waals surface area contributed by atoms with Gasteiger partial charge in [-0.2, -0.15) is 0 Å². The van der Waals surface area contributed by atoms with Crippen molar-refractivity contribution in [1.29, 1.82) is 0 Å². The normalized spacial score (nSPS) is 13.4. The van der Waals surface area contributed by atoms with Crippen LogP contribution in [0.25, 0.3) is 0 Å². The van der Waals surface area contributed by atoms with Crippen LogP contribution in [0.15, 0.2) is 12.1 Å². The molecule has 0 spiro atoms. The lowest BCUT2D eigenvalue weighted by Gasteiger charge is -2.21. The minimum atomic E-state index is 0.0876. The first-order valence-corrected chi connectivity index (χ1v) is 5.16. The number of methoxy groups -OCH3 is 1. The fourth-order valence-corrected chi connectivity index (χ4v) is 1.72. The van der Waals surface area contributed by atoms with Gasteiger partial charge in [0.2, 0.25) is 0 Å². The molecule has 1 heterocycles. The fraction of sp³-hybridized carbons (Fsp3) is 0.417. The van der Waals surface area contributed by atoms with Gasteiger partial charge in [0.25, 0.3) is 0 Å². The van der Waals surface area contributed by atoms with Crippen molar-refractivity contribution in [2.24, 2.45) is 0 Å². The summed E-state index contributed by atoms with van der Waals surface area (Å²) in [6.45, 7) is 2.60. The molecule has 0 radical (unpaired) electrons. The molecule has 1 aromatic rings. The van der Waals surface area contributed by atoms with Crippen LogP contribution in [0, 0.1) is 0 Å². The monoisotopic (exact) mass is 222 g/mol. The molecule has 0 N–H and O–H groups in total. The van der Waals surface area contributed by atoms with Crippen LogP contribution in [0.5, 0.6) is 17.2 Å². The summed E-state index contributed by atoms with van der Waals surface area (Å²) >= 11 is 0. The Bertz CT molecular complexity index is 412. The van der Waals surface area contributed by atoms with Crippen LogP contribution in [-0.4, -0.2) is 26.1 Å². The zero-order valence-corrected chi connectivity index (χ0v) is 9.41. The molecule has 0 amide bonds. The number of fused-ring (bicyclic) bond motifs is 1. The molecule has 4 nitrogen and oxygen atoms in total. The lowest BCUT2D eigenvalue weighted by molar-refractivity contribution is -0.116. The standard InChI is InChI=1S/C12H14O4/c1-8(13)5-9-6-10(14-2)7-11-12(9)16-4-3-15-11/h6-7H,3-5H2,1-2H3. The summed E-state index contributed by atoms with van der Waals surface area (Å²) in [4.78, 5) is 11.2. The molecular weight excluding hydrogens is 208 g/mol. The van der Waals surface area contributed by atoms with Gasteiger partial charge in [-0.05, 0) is 13.0 Å². The van der Waals surface area contributed by atoms with E-state index in [0.717, 1.165) is 5.56 Å². The van der Waals surface area contributed by atoms with E-state index < -0.39 is 0 Å². The lowest BCUT2D eigenvalue weighted by Crippen LogP contribution is -2.17. The van der Waals surface area contributed by atoms with Crippen LogP contribution in [0.1, 0.15) is 12.5 Å². The van der Waals surface area contributed by atoms with Crippen molar-refractivity contribution in [2.75, 3.05) is 20.3 Å². The Labute approximate surface area is 94.1 Å². The van der Waals surface area contributed by atoms with Crippen molar-refractivity contribution < 1.29 is 19.0 Å². The molecule has 0 saturated carbocycles. The predicted molar refractivity (Wildman–Crippen MR) is 58.4 cm³/mol. The van der Waals surface area contributed by atoms with E-state index in [1.807, 2.05) is 6.07 Å². The Morgan fingerprint density at radius 2 is 2.12 bits per heavy atom. The van der Waals surface area contributed by atoms with E-state index in [1.54, 1.807) is 20.1 Å². The van der Waals surface area contributed by atoms with Crippen molar-refractivity contribution in [3.63, 3.8) is 0 Å². The highest BCUT2D eigenvalue weighted by atomic mass is 16.6. The number of ketones is 1. The van der Waals surface area contributed by atoms with Gasteiger partial charge in [0.15, 0.2) is 11.5 Å². The van der Waals surface area contributed by atoms with Crippen molar-refractivity contribution in [3.05, 3.63) is 17.7 Å². The second-order valence-electron chi connectivity index (χ2n) is 3.69. The van der Waals surface area contributed by atoms with Gasteiger partial charge in [-0.3, -0.25) is 4.79 Å².